The van der Waals surface area contributed by atoms with Crippen molar-refractivity contribution in [1.82, 2.24) is 15.0 Å². The summed E-state index contributed by atoms with van der Waals surface area (Å²) in [6, 6.07) is 14.5. The molecular weight excluding hydrogens is 609 g/mol. The quantitative estimate of drug-likeness (QED) is 0.0473. The predicted octanol–water partition coefficient (Wildman–Crippen LogP) is 7.38. The maximum Gasteiger partial charge on any atom is 0.259 e. The van der Waals surface area contributed by atoms with Crippen molar-refractivity contribution in [2.75, 3.05) is 13.7 Å². The molecule has 0 radical (unpaired) electrons. The largest absolute Gasteiger partial charge is 0.495 e. The van der Waals surface area contributed by atoms with Crippen molar-refractivity contribution in [2.45, 2.75) is 48.9 Å². The zero-order chi connectivity index (χ0) is 31.2. The third-order valence-corrected chi connectivity index (χ3v) is 8.76. The zero-order valence-corrected chi connectivity index (χ0v) is 25.5. The number of guanidine groups is 1. The summed E-state index contributed by atoms with van der Waals surface area (Å²) < 4.78 is 51.8. The van der Waals surface area contributed by atoms with E-state index >= 15 is 8.78 Å². The number of aryl methyl sites for hydroxylation is 2. The van der Waals surface area contributed by atoms with Crippen LogP contribution in [0.2, 0.25) is 5.02 Å². The molecule has 4 aromatic rings. The lowest BCUT2D eigenvalue weighted by molar-refractivity contribution is 0.414. The number of nitrogens with zero attached hydrogens (tertiary/aromatic N) is 4. The Morgan fingerprint density at radius 1 is 1.18 bits per heavy atom. The molecule has 0 saturated carbocycles. The number of hydrogen-bond acceptors (Lipinski definition) is 4. The zero-order valence-electron chi connectivity index (χ0n) is 23.9. The van der Waals surface area contributed by atoms with Gasteiger partial charge in [0.2, 0.25) is 0 Å². The number of methoxy groups -OCH3 is 1. The maximum absolute atomic E-state index is 15.2. The van der Waals surface area contributed by atoms with E-state index in [2.05, 4.69) is 15.4 Å². The van der Waals surface area contributed by atoms with Crippen molar-refractivity contribution in [3.05, 3.63) is 117 Å². The van der Waals surface area contributed by atoms with Crippen LogP contribution in [0.1, 0.15) is 53.3 Å². The lowest BCUT2D eigenvalue weighted by Crippen LogP contribution is -2.25. The van der Waals surface area contributed by atoms with Crippen LogP contribution in [-0.2, 0) is 18.6 Å². The molecule has 1 aromatic heterocycles. The number of rotatable bonds is 10. The number of aromatic nitrogens is 2. The van der Waals surface area contributed by atoms with Crippen LogP contribution in [0, 0.1) is 24.0 Å². The van der Waals surface area contributed by atoms with E-state index in [9.17, 15) is 4.39 Å². The average Bonchev–Trinajstić information content (AvgIpc) is 3.38. The molecule has 1 aliphatic carbocycles. The van der Waals surface area contributed by atoms with Crippen LogP contribution in [0.5, 0.6) is 5.75 Å². The molecule has 1 aliphatic rings. The van der Waals surface area contributed by atoms with Gasteiger partial charge in [-0.3, -0.25) is 4.57 Å². The van der Waals surface area contributed by atoms with Crippen LogP contribution in [0.3, 0.4) is 0 Å². The number of hydrogen-bond donors (Lipinski definition) is 2. The highest BCUT2D eigenvalue weighted by atomic mass is 35.5. The Hall–Kier alpha value is -4.14. The van der Waals surface area contributed by atoms with E-state index in [1.807, 2.05) is 22.8 Å². The molecule has 1 heterocycles. The monoisotopic (exact) mass is 638 g/mol. The van der Waals surface area contributed by atoms with Gasteiger partial charge in [-0.1, -0.05) is 34.9 Å². The van der Waals surface area contributed by atoms with Crippen molar-refractivity contribution in [1.29, 1.82) is 0 Å². The summed E-state index contributed by atoms with van der Waals surface area (Å²) >= 11 is 7.54. The first-order valence-corrected chi connectivity index (χ1v) is 15.4. The van der Waals surface area contributed by atoms with Gasteiger partial charge in [-0.25, -0.2) is 23.1 Å². The van der Waals surface area contributed by atoms with E-state index in [0.29, 0.717) is 46.6 Å². The summed E-state index contributed by atoms with van der Waals surface area (Å²) in [5, 5.41) is 1.08. The molecule has 7 nitrogen and oxygen atoms in total. The predicted molar refractivity (Wildman–Crippen MR) is 167 cm³/mol. The van der Waals surface area contributed by atoms with Gasteiger partial charge in [0.05, 0.1) is 23.5 Å². The fraction of sp³-hybridized carbons (Fsp3) is 0.281. The molecule has 228 valence electrons. The number of ether oxygens (including phenoxy) is 1. The number of imidazole rings is 1. The minimum atomic E-state index is -0.638. The fourth-order valence-electron chi connectivity index (χ4n) is 5.41. The highest BCUT2D eigenvalue weighted by Crippen LogP contribution is 2.42. The van der Waals surface area contributed by atoms with Crippen molar-refractivity contribution in [3.63, 3.8) is 0 Å². The second kappa shape index (κ2) is 14.1. The maximum atomic E-state index is 15.2. The summed E-state index contributed by atoms with van der Waals surface area (Å²) in [5.41, 5.74) is 11.8. The van der Waals surface area contributed by atoms with Crippen LogP contribution in [-0.4, -0.2) is 29.2 Å². The van der Waals surface area contributed by atoms with Gasteiger partial charge < -0.3 is 10.5 Å². The Kier molecular flexibility index (Phi) is 10.0. The van der Waals surface area contributed by atoms with Crippen molar-refractivity contribution < 1.29 is 17.9 Å². The number of nitrogens with two attached hydrogens (primary N) is 1. The van der Waals surface area contributed by atoms with E-state index in [0.717, 1.165) is 36.2 Å². The second-order valence-corrected chi connectivity index (χ2v) is 11.6. The molecule has 3 N–H and O–H groups in total. The van der Waals surface area contributed by atoms with Crippen molar-refractivity contribution in [2.24, 2.45) is 10.7 Å². The van der Waals surface area contributed by atoms with Gasteiger partial charge in [0.25, 0.3) is 5.96 Å². The third-order valence-electron chi connectivity index (χ3n) is 7.48. The molecule has 0 spiro atoms. The SMILES string of the molecule is [C-]#[N+]NC(N)=NCCCc1cc(F)c(CSc2nc3c(n2-c2ccc(F)cc2)C(c2ccc(Cl)c(OC)c2)CCC3)c(F)c1. The summed E-state index contributed by atoms with van der Waals surface area (Å²) in [5.74, 6) is -1.09. The summed E-state index contributed by atoms with van der Waals surface area (Å²) in [6.45, 7) is 7.02. The average molecular weight is 639 g/mol. The molecule has 5 rings (SSSR count). The molecular formula is C32H30ClF3N6OS. The van der Waals surface area contributed by atoms with Gasteiger partial charge in [0, 0.05) is 29.5 Å². The molecule has 0 aliphatic heterocycles. The number of aliphatic imine (C=N–C) groups is 1. The molecule has 0 amide bonds. The van der Waals surface area contributed by atoms with Crippen LogP contribution < -0.4 is 15.9 Å². The minimum absolute atomic E-state index is 0.00428. The smallest absolute Gasteiger partial charge is 0.259 e. The van der Waals surface area contributed by atoms with E-state index in [1.165, 1.54) is 36.0 Å². The number of halogens is 4. The molecule has 3 aromatic carbocycles. The lowest BCUT2D eigenvalue weighted by atomic mass is 9.84. The number of thioether (sulfide) groups is 1. The van der Waals surface area contributed by atoms with Gasteiger partial charge in [-0.15, -0.1) is 0 Å². The van der Waals surface area contributed by atoms with Gasteiger partial charge in [0.15, 0.2) is 5.16 Å². The Balaban J connectivity index is 1.43. The first kappa shape index (κ1) is 31.3. The molecule has 0 saturated heterocycles. The number of fused-ring (bicyclic) bond motifs is 1. The van der Waals surface area contributed by atoms with Crippen molar-refractivity contribution in [3.8, 4) is 11.4 Å². The molecule has 12 heteroatoms. The summed E-state index contributed by atoms with van der Waals surface area (Å²) in [4.78, 5) is 11.9. The van der Waals surface area contributed by atoms with Crippen LogP contribution in [0.4, 0.5) is 13.2 Å². The van der Waals surface area contributed by atoms with E-state index < -0.39 is 11.6 Å². The minimum Gasteiger partial charge on any atom is -0.495 e. The molecule has 0 bridgehead atoms. The molecule has 1 unspecified atom stereocenters. The Morgan fingerprint density at radius 2 is 1.93 bits per heavy atom. The highest BCUT2D eigenvalue weighted by molar-refractivity contribution is 7.98. The van der Waals surface area contributed by atoms with Gasteiger partial charge in [-0.2, -0.15) is 11.5 Å². The fourth-order valence-corrected chi connectivity index (χ4v) is 6.66. The van der Waals surface area contributed by atoms with E-state index in [-0.39, 0.29) is 29.0 Å². The van der Waals surface area contributed by atoms with Crippen molar-refractivity contribution >= 4 is 29.3 Å². The molecule has 44 heavy (non-hydrogen) atoms. The molecule has 0 fully saturated rings. The Labute approximate surface area is 263 Å². The van der Waals surface area contributed by atoms with Gasteiger partial charge in [0.1, 0.15) is 23.2 Å². The van der Waals surface area contributed by atoms with Gasteiger partial charge >= 0.3 is 0 Å². The second-order valence-electron chi connectivity index (χ2n) is 10.3. The topological polar surface area (TPSA) is 81.8 Å². The number of nitrogens with one attached hydrogen (secondary N) is 1. The Morgan fingerprint density at radius 3 is 2.64 bits per heavy atom. The van der Waals surface area contributed by atoms with Crippen LogP contribution in [0.15, 0.2) is 64.7 Å². The molecule has 1 atom stereocenters. The summed E-state index contributed by atoms with van der Waals surface area (Å²) in [6.07, 6.45) is 3.42. The Bertz CT molecular complexity index is 1700. The van der Waals surface area contributed by atoms with Gasteiger partial charge in [-0.05, 0) is 91.8 Å². The first-order chi connectivity index (χ1) is 21.3. The van der Waals surface area contributed by atoms with E-state index in [1.54, 1.807) is 19.2 Å². The number of benzene rings is 3. The van der Waals surface area contributed by atoms with Crippen LogP contribution in [0.25, 0.3) is 10.6 Å². The summed E-state index contributed by atoms with van der Waals surface area (Å²) in [7, 11) is 1.57. The lowest BCUT2D eigenvalue weighted by Gasteiger charge is -2.26. The van der Waals surface area contributed by atoms with E-state index in [4.69, 9.17) is 33.6 Å². The first-order valence-electron chi connectivity index (χ1n) is 14.0. The highest BCUT2D eigenvalue weighted by Gasteiger charge is 2.31. The van der Waals surface area contributed by atoms with Crippen LogP contribution >= 0.6 is 23.4 Å². The third kappa shape index (κ3) is 6.98. The normalized spacial score (nSPS) is 14.6. The standard InChI is InChI=1S/C32H30ClF3N6OS/c1-38-41-31(37)39-14-4-5-19-15-26(35)24(27(36)16-19)18-44-32-40-28-7-3-6-23(20-8-13-25(33)29(17-20)43-2)30(28)42(32)22-11-9-21(34)10-12-22/h8-13,15-17,23H,3-7,14,18H2,2H3,(H3,37,39,41).